The maximum atomic E-state index is 4.27. The normalized spacial score (nSPS) is 12.1. The molecule has 0 spiro atoms. The first-order valence-corrected chi connectivity index (χ1v) is 5.16. The van der Waals surface area contributed by atoms with Gasteiger partial charge in [-0.3, -0.25) is 4.40 Å². The fraction of sp³-hybridized carbons (Fsp3) is 0.545. The molecule has 0 amide bonds. The van der Waals surface area contributed by atoms with E-state index in [9.17, 15) is 0 Å². The largest absolute Gasteiger partial charge is 0.327 e. The summed E-state index contributed by atoms with van der Waals surface area (Å²) < 4.78 is 2.15. The number of fused-ring (bicyclic) bond motifs is 1. The van der Waals surface area contributed by atoms with Crippen molar-refractivity contribution in [3.8, 4) is 0 Å². The Kier molecular flexibility index (Phi) is 2.10. The van der Waals surface area contributed by atoms with Gasteiger partial charge in [-0.1, -0.05) is 27.7 Å². The zero-order chi connectivity index (χ0) is 10.3. The summed E-state index contributed by atoms with van der Waals surface area (Å²) in [5, 5.41) is 0. The molecular weight excluding hydrogens is 174 g/mol. The molecule has 14 heavy (non-hydrogen) atoms. The number of nitrogens with one attached hydrogen (secondary N) is 1. The van der Waals surface area contributed by atoms with E-state index in [2.05, 4.69) is 42.1 Å². The van der Waals surface area contributed by atoms with Crippen LogP contribution in [0.1, 0.15) is 52.3 Å². The van der Waals surface area contributed by atoms with Crippen LogP contribution in [0.5, 0.6) is 0 Å². The van der Waals surface area contributed by atoms with E-state index < -0.39 is 0 Å². The molecule has 2 aromatic rings. The maximum Gasteiger partial charge on any atom is 0.211 e. The highest BCUT2D eigenvalue weighted by molar-refractivity contribution is 5.38. The zero-order valence-electron chi connectivity index (χ0n) is 9.20. The van der Waals surface area contributed by atoms with Crippen molar-refractivity contribution in [2.45, 2.75) is 39.5 Å². The lowest BCUT2D eigenvalue weighted by atomic mass is 10.0. The van der Waals surface area contributed by atoms with E-state index in [1.54, 1.807) is 0 Å². The third-order valence-electron chi connectivity index (χ3n) is 2.55. The fourth-order valence-electron chi connectivity index (χ4n) is 1.93. The number of aromatic nitrogens is 3. The molecule has 1 N–H and O–H groups in total. The summed E-state index contributed by atoms with van der Waals surface area (Å²) in [6, 6.07) is 0. The number of imidazole rings is 2. The van der Waals surface area contributed by atoms with Gasteiger partial charge in [-0.25, -0.2) is 4.98 Å². The fourth-order valence-corrected chi connectivity index (χ4v) is 1.93. The Morgan fingerprint density at radius 3 is 2.57 bits per heavy atom. The first-order valence-electron chi connectivity index (χ1n) is 5.16. The summed E-state index contributed by atoms with van der Waals surface area (Å²) in [7, 11) is 0. The van der Waals surface area contributed by atoms with Crippen LogP contribution in [0.15, 0.2) is 12.4 Å². The summed E-state index contributed by atoms with van der Waals surface area (Å²) >= 11 is 0. The number of hydrogen-bond acceptors (Lipinski definition) is 1. The summed E-state index contributed by atoms with van der Waals surface area (Å²) in [5.74, 6) is 2.00. The van der Waals surface area contributed by atoms with E-state index >= 15 is 0 Å². The average Bonchev–Trinajstić information content (AvgIpc) is 2.58. The van der Waals surface area contributed by atoms with E-state index in [-0.39, 0.29) is 1.43 Å². The summed E-state index contributed by atoms with van der Waals surface area (Å²) in [4.78, 5) is 7.65. The minimum absolute atomic E-state index is 0. The Labute approximate surface area is 85.7 Å². The third-order valence-corrected chi connectivity index (χ3v) is 2.55. The number of hydrogen-bond donors (Lipinski definition) is 1. The highest BCUT2D eigenvalue weighted by Gasteiger charge is 2.16. The summed E-state index contributed by atoms with van der Waals surface area (Å²) in [6.45, 7) is 8.84. The zero-order valence-corrected chi connectivity index (χ0v) is 9.20. The lowest BCUT2D eigenvalue weighted by molar-refractivity contribution is 0.746. The summed E-state index contributed by atoms with van der Waals surface area (Å²) in [6.07, 6.45) is 3.86. The third kappa shape index (κ3) is 1.24. The van der Waals surface area contributed by atoms with Gasteiger partial charge >= 0.3 is 0 Å². The van der Waals surface area contributed by atoms with E-state index in [0.29, 0.717) is 11.8 Å². The Morgan fingerprint density at radius 1 is 1.29 bits per heavy atom. The second-order valence-corrected chi connectivity index (χ2v) is 4.35. The molecule has 3 nitrogen and oxygen atoms in total. The SMILES string of the molecule is CC(C)c1[nH]c2nccn2c1C(C)C.[HH]. The minimum atomic E-state index is 0. The Balaban J connectivity index is 0.00000112. The van der Waals surface area contributed by atoms with Gasteiger partial charge in [0.2, 0.25) is 5.78 Å². The Bertz CT molecular complexity index is 440. The van der Waals surface area contributed by atoms with Crippen LogP contribution in [0.25, 0.3) is 5.78 Å². The summed E-state index contributed by atoms with van der Waals surface area (Å²) in [5.41, 5.74) is 2.66. The van der Waals surface area contributed by atoms with Crippen LogP contribution in [0, 0.1) is 0 Å². The van der Waals surface area contributed by atoms with Gasteiger partial charge in [0.25, 0.3) is 0 Å². The van der Waals surface area contributed by atoms with Crippen molar-refractivity contribution in [2.24, 2.45) is 0 Å². The molecule has 0 fully saturated rings. The predicted molar refractivity (Wildman–Crippen MR) is 59.8 cm³/mol. The molecule has 2 aromatic heterocycles. The van der Waals surface area contributed by atoms with Crippen LogP contribution < -0.4 is 0 Å². The Morgan fingerprint density at radius 2 is 2.00 bits per heavy atom. The van der Waals surface area contributed by atoms with Crippen molar-refractivity contribution in [3.05, 3.63) is 23.8 Å². The monoisotopic (exact) mass is 193 g/mol. The highest BCUT2D eigenvalue weighted by atomic mass is 15.1. The average molecular weight is 193 g/mol. The second-order valence-electron chi connectivity index (χ2n) is 4.35. The van der Waals surface area contributed by atoms with Gasteiger partial charge in [0.05, 0.1) is 0 Å². The van der Waals surface area contributed by atoms with Gasteiger partial charge in [-0.05, 0) is 11.8 Å². The van der Waals surface area contributed by atoms with Crippen LogP contribution in [0.4, 0.5) is 0 Å². The molecule has 0 radical (unpaired) electrons. The molecule has 0 bridgehead atoms. The first-order chi connectivity index (χ1) is 6.61. The van der Waals surface area contributed by atoms with Crippen molar-refractivity contribution in [2.75, 3.05) is 0 Å². The topological polar surface area (TPSA) is 33.1 Å². The van der Waals surface area contributed by atoms with E-state index in [0.717, 1.165) is 5.78 Å². The number of rotatable bonds is 2. The van der Waals surface area contributed by atoms with Crippen LogP contribution in [0.3, 0.4) is 0 Å². The van der Waals surface area contributed by atoms with Crippen molar-refractivity contribution < 1.29 is 1.43 Å². The molecular formula is C11H19N3. The van der Waals surface area contributed by atoms with Gasteiger partial charge in [0.15, 0.2) is 0 Å². The highest BCUT2D eigenvalue weighted by Crippen LogP contribution is 2.26. The lowest BCUT2D eigenvalue weighted by Crippen LogP contribution is -1.99. The molecule has 0 saturated heterocycles. The number of nitrogens with zero attached hydrogens (tertiary/aromatic N) is 2. The molecule has 0 atom stereocenters. The van der Waals surface area contributed by atoms with Gasteiger partial charge in [0.1, 0.15) is 0 Å². The van der Waals surface area contributed by atoms with Crippen LogP contribution >= 0.6 is 0 Å². The molecule has 0 aromatic carbocycles. The van der Waals surface area contributed by atoms with Gasteiger partial charge in [-0.15, -0.1) is 0 Å². The first kappa shape index (κ1) is 9.31. The molecule has 0 unspecified atom stereocenters. The molecule has 2 heterocycles. The second kappa shape index (κ2) is 3.15. The molecule has 3 heteroatoms. The van der Waals surface area contributed by atoms with E-state index in [1.807, 2.05) is 12.4 Å². The van der Waals surface area contributed by atoms with Crippen LogP contribution in [-0.4, -0.2) is 14.4 Å². The van der Waals surface area contributed by atoms with Crippen molar-refractivity contribution in [1.82, 2.24) is 14.4 Å². The maximum absolute atomic E-state index is 4.27. The molecule has 78 valence electrons. The molecule has 0 aliphatic heterocycles. The number of aromatic amines is 1. The van der Waals surface area contributed by atoms with Gasteiger partial charge in [0, 0.05) is 25.2 Å². The van der Waals surface area contributed by atoms with Gasteiger partial charge in [-0.2, -0.15) is 0 Å². The van der Waals surface area contributed by atoms with E-state index in [4.69, 9.17) is 0 Å². The van der Waals surface area contributed by atoms with Crippen molar-refractivity contribution in [3.63, 3.8) is 0 Å². The molecule has 2 rings (SSSR count). The quantitative estimate of drug-likeness (QED) is 0.780. The smallest absolute Gasteiger partial charge is 0.211 e. The minimum Gasteiger partial charge on any atom is -0.327 e. The lowest BCUT2D eigenvalue weighted by Gasteiger charge is -2.10. The molecule has 0 saturated carbocycles. The van der Waals surface area contributed by atoms with E-state index in [1.165, 1.54) is 11.4 Å². The van der Waals surface area contributed by atoms with Crippen LogP contribution in [-0.2, 0) is 0 Å². The Hall–Kier alpha value is -1.25. The standard InChI is InChI=1S/C11H17N3.H2/c1-7(2)9-10(8(3)4)14-6-5-12-11(14)13-9;/h5-8H,1-4H3,(H,12,13);1H. The van der Waals surface area contributed by atoms with Crippen molar-refractivity contribution >= 4 is 5.78 Å². The van der Waals surface area contributed by atoms with Crippen molar-refractivity contribution in [1.29, 1.82) is 0 Å². The van der Waals surface area contributed by atoms with Crippen LogP contribution in [0.2, 0.25) is 0 Å². The predicted octanol–water partition coefficient (Wildman–Crippen LogP) is 3.16. The molecule has 0 aliphatic rings. The molecule has 0 aliphatic carbocycles. The number of H-pyrrole nitrogens is 1. The van der Waals surface area contributed by atoms with Gasteiger partial charge < -0.3 is 4.98 Å².